The molecule has 5 fully saturated rings. The van der Waals surface area contributed by atoms with Crippen LogP contribution in [0.1, 0.15) is 98.8 Å². The summed E-state index contributed by atoms with van der Waals surface area (Å²) >= 11 is 0. The molecule has 0 unspecified atom stereocenters. The van der Waals surface area contributed by atoms with Crippen LogP contribution in [0, 0.1) is 58.2 Å². The molecular weight excluding hydrogens is 412 g/mol. The van der Waals surface area contributed by atoms with E-state index in [1.807, 2.05) is 6.92 Å². The van der Waals surface area contributed by atoms with Gasteiger partial charge >= 0.3 is 0 Å². The maximum atomic E-state index is 12.2. The molecule has 0 radical (unpaired) electrons. The van der Waals surface area contributed by atoms with Crippen molar-refractivity contribution in [2.45, 2.75) is 117 Å². The monoisotopic (exact) mass is 460 g/mol. The van der Waals surface area contributed by atoms with E-state index in [4.69, 9.17) is 0 Å². The zero-order chi connectivity index (χ0) is 23.9. The van der Waals surface area contributed by atoms with Crippen molar-refractivity contribution in [2.24, 2.45) is 58.2 Å². The standard InChI is InChI=1S/C29H48O4/c1-16(20-12-17(20)2)8-11-28(4,33)24-7-6-21-26-22(15-25(32)29(21,24)5)27(3)10-9-19(30)13-18(27)14-23(26)31/h16-18,20-26,31-33H,6-15H2,1-5H3/t16-,17-,18-,20-,21+,22+,23-,24-,25-,26+,27+,28+,29+/m1/s1. The molecule has 0 spiro atoms. The van der Waals surface area contributed by atoms with Crippen LogP contribution in [0.25, 0.3) is 0 Å². The summed E-state index contributed by atoms with van der Waals surface area (Å²) in [6.45, 7) is 11.3. The number of hydrogen-bond donors (Lipinski definition) is 3. The molecule has 4 heteroatoms. The summed E-state index contributed by atoms with van der Waals surface area (Å²) < 4.78 is 0. The van der Waals surface area contributed by atoms with Crippen LogP contribution in [0.15, 0.2) is 0 Å². The number of ketones is 1. The van der Waals surface area contributed by atoms with Gasteiger partial charge < -0.3 is 15.3 Å². The van der Waals surface area contributed by atoms with Crippen LogP contribution in [0.4, 0.5) is 0 Å². The predicted molar refractivity (Wildman–Crippen MR) is 129 cm³/mol. The lowest BCUT2D eigenvalue weighted by molar-refractivity contribution is -0.212. The van der Waals surface area contributed by atoms with Gasteiger partial charge in [-0.3, -0.25) is 4.79 Å². The molecule has 0 bridgehead atoms. The largest absolute Gasteiger partial charge is 0.393 e. The lowest BCUT2D eigenvalue weighted by Crippen LogP contribution is -2.63. The number of rotatable bonds is 5. The van der Waals surface area contributed by atoms with E-state index in [0.717, 1.165) is 50.4 Å². The van der Waals surface area contributed by atoms with E-state index in [1.165, 1.54) is 6.42 Å². The van der Waals surface area contributed by atoms with Gasteiger partial charge in [-0.15, -0.1) is 0 Å². The van der Waals surface area contributed by atoms with Crippen LogP contribution >= 0.6 is 0 Å². The minimum Gasteiger partial charge on any atom is -0.393 e. The highest BCUT2D eigenvalue weighted by molar-refractivity contribution is 5.79. The first-order valence-electron chi connectivity index (χ1n) is 14.0. The molecule has 5 rings (SSSR count). The Hall–Kier alpha value is -0.450. The van der Waals surface area contributed by atoms with E-state index in [1.54, 1.807) is 0 Å². The fourth-order valence-electron chi connectivity index (χ4n) is 10.0. The van der Waals surface area contributed by atoms with Crippen LogP contribution in [0.2, 0.25) is 0 Å². The highest BCUT2D eigenvalue weighted by Crippen LogP contribution is 2.68. The van der Waals surface area contributed by atoms with Gasteiger partial charge in [0.1, 0.15) is 5.78 Å². The smallest absolute Gasteiger partial charge is 0.133 e. The van der Waals surface area contributed by atoms with Crippen molar-refractivity contribution < 1.29 is 20.1 Å². The first kappa shape index (κ1) is 24.3. The van der Waals surface area contributed by atoms with Crippen molar-refractivity contribution in [3.8, 4) is 0 Å². The number of aliphatic hydroxyl groups is 3. The quantitative estimate of drug-likeness (QED) is 0.541. The highest BCUT2D eigenvalue weighted by Gasteiger charge is 2.67. The zero-order valence-corrected chi connectivity index (χ0v) is 21.6. The molecule has 3 N–H and O–H groups in total. The van der Waals surface area contributed by atoms with E-state index < -0.39 is 17.8 Å². The Morgan fingerprint density at radius 1 is 1.12 bits per heavy atom. The van der Waals surface area contributed by atoms with E-state index in [0.29, 0.717) is 31.0 Å². The van der Waals surface area contributed by atoms with Crippen molar-refractivity contribution in [3.63, 3.8) is 0 Å². The Morgan fingerprint density at radius 2 is 1.82 bits per heavy atom. The van der Waals surface area contributed by atoms with Crippen molar-refractivity contribution in [2.75, 3.05) is 0 Å². The molecule has 13 atom stereocenters. The molecule has 0 heterocycles. The summed E-state index contributed by atoms with van der Waals surface area (Å²) in [6.07, 6.45) is 7.85. The molecule has 4 nitrogen and oxygen atoms in total. The van der Waals surface area contributed by atoms with Crippen molar-refractivity contribution in [1.29, 1.82) is 0 Å². The summed E-state index contributed by atoms with van der Waals surface area (Å²) in [7, 11) is 0. The molecule has 0 saturated heterocycles. The highest BCUT2D eigenvalue weighted by atomic mass is 16.3. The fraction of sp³-hybridized carbons (Fsp3) is 0.966. The zero-order valence-electron chi connectivity index (χ0n) is 21.6. The average Bonchev–Trinajstić information content (AvgIpc) is 3.36. The Morgan fingerprint density at radius 3 is 2.48 bits per heavy atom. The first-order valence-corrected chi connectivity index (χ1v) is 14.0. The van der Waals surface area contributed by atoms with Crippen LogP contribution in [-0.4, -0.2) is 38.9 Å². The second kappa shape index (κ2) is 8.03. The van der Waals surface area contributed by atoms with Gasteiger partial charge in [-0.1, -0.05) is 27.7 Å². The maximum absolute atomic E-state index is 12.2. The summed E-state index contributed by atoms with van der Waals surface area (Å²) in [5.74, 6) is 3.67. The molecule has 0 amide bonds. The third kappa shape index (κ3) is 3.68. The van der Waals surface area contributed by atoms with Crippen LogP contribution in [-0.2, 0) is 4.79 Å². The molecular formula is C29H48O4. The molecule has 0 aliphatic heterocycles. The molecule has 188 valence electrons. The van der Waals surface area contributed by atoms with Crippen molar-refractivity contribution >= 4 is 5.78 Å². The number of aliphatic hydroxyl groups excluding tert-OH is 2. The van der Waals surface area contributed by atoms with Crippen molar-refractivity contribution in [1.82, 2.24) is 0 Å². The number of carbonyl (C=O) groups is 1. The summed E-state index contributed by atoms with van der Waals surface area (Å²) in [6, 6.07) is 0. The Bertz CT molecular complexity index is 778. The molecule has 0 aromatic carbocycles. The fourth-order valence-corrected chi connectivity index (χ4v) is 10.0. The van der Waals surface area contributed by atoms with E-state index in [-0.39, 0.29) is 40.4 Å². The van der Waals surface area contributed by atoms with Crippen molar-refractivity contribution in [3.05, 3.63) is 0 Å². The van der Waals surface area contributed by atoms with Gasteiger partial charge in [-0.2, -0.15) is 0 Å². The van der Waals surface area contributed by atoms with Crippen LogP contribution in [0.5, 0.6) is 0 Å². The Labute approximate surface area is 200 Å². The van der Waals surface area contributed by atoms with Crippen LogP contribution in [0.3, 0.4) is 0 Å². The summed E-state index contributed by atoms with van der Waals surface area (Å²) in [5.41, 5.74) is -1.10. The topological polar surface area (TPSA) is 77.8 Å². The number of hydrogen-bond acceptors (Lipinski definition) is 4. The van der Waals surface area contributed by atoms with Gasteiger partial charge in [-0.05, 0) is 111 Å². The summed E-state index contributed by atoms with van der Waals surface area (Å²) in [5, 5.41) is 34.9. The third-order valence-corrected chi connectivity index (χ3v) is 12.4. The Kier molecular flexibility index (Phi) is 5.90. The predicted octanol–water partition coefficient (Wildman–Crippen LogP) is 4.98. The summed E-state index contributed by atoms with van der Waals surface area (Å²) in [4.78, 5) is 12.2. The van der Waals surface area contributed by atoms with Gasteiger partial charge in [0.25, 0.3) is 0 Å². The lowest BCUT2D eigenvalue weighted by atomic mass is 9.43. The molecule has 0 aromatic rings. The molecule has 5 saturated carbocycles. The van der Waals surface area contributed by atoms with Gasteiger partial charge in [0, 0.05) is 18.3 Å². The van der Waals surface area contributed by atoms with Gasteiger partial charge in [0.05, 0.1) is 17.8 Å². The van der Waals surface area contributed by atoms with Crippen LogP contribution < -0.4 is 0 Å². The van der Waals surface area contributed by atoms with Gasteiger partial charge in [0.2, 0.25) is 0 Å². The number of fused-ring (bicyclic) bond motifs is 5. The number of carbonyl (C=O) groups excluding carboxylic acids is 1. The lowest BCUT2D eigenvalue weighted by Gasteiger charge is -2.63. The molecule has 5 aliphatic carbocycles. The molecule has 33 heavy (non-hydrogen) atoms. The Balaban J connectivity index is 1.37. The second-order valence-electron chi connectivity index (χ2n) is 14.0. The normalized spacial score (nSPS) is 54.1. The second-order valence-corrected chi connectivity index (χ2v) is 14.0. The van der Waals surface area contributed by atoms with E-state index in [9.17, 15) is 20.1 Å². The maximum Gasteiger partial charge on any atom is 0.133 e. The average molecular weight is 461 g/mol. The van der Waals surface area contributed by atoms with Gasteiger partial charge in [0.15, 0.2) is 0 Å². The third-order valence-electron chi connectivity index (χ3n) is 12.4. The van der Waals surface area contributed by atoms with Gasteiger partial charge in [-0.25, -0.2) is 0 Å². The minimum absolute atomic E-state index is 0.0388. The minimum atomic E-state index is -0.785. The van der Waals surface area contributed by atoms with E-state index in [2.05, 4.69) is 27.7 Å². The van der Waals surface area contributed by atoms with E-state index >= 15 is 0 Å². The number of Topliss-reactive ketones (excluding diaryl/α,β-unsaturated/α-hetero) is 1. The SMILES string of the molecule is C[C@H](CC[C@](C)(O)[C@H]1CC[C@H]2[C@@H]3[C@H](O)C[C@H]4CC(=O)CC[C@]4(C)[C@H]3C[C@@H](O)[C@@]21C)[C@H]1C[C@H]1C. The first-order chi connectivity index (χ1) is 15.4. The molecule has 0 aromatic heterocycles. The molecule has 5 aliphatic rings.